The van der Waals surface area contributed by atoms with E-state index >= 15 is 0 Å². The highest BCUT2D eigenvalue weighted by molar-refractivity contribution is 5.91. The van der Waals surface area contributed by atoms with Crippen LogP contribution in [0.5, 0.6) is 0 Å². The molecule has 2 heteroatoms. The molecule has 3 rings (SSSR count). The molecule has 0 amide bonds. The van der Waals surface area contributed by atoms with E-state index in [0.29, 0.717) is 5.82 Å². The minimum Gasteiger partial charge on any atom is -0.383 e. The minimum absolute atomic E-state index is 0.610. The number of hydrogen-bond donors (Lipinski definition) is 1. The first-order valence-corrected chi connectivity index (χ1v) is 6.01. The molecule has 0 fully saturated rings. The van der Waals surface area contributed by atoms with E-state index in [2.05, 4.69) is 29.2 Å². The van der Waals surface area contributed by atoms with Gasteiger partial charge in [-0.3, -0.25) is 0 Å². The molecule has 1 aromatic heterocycles. The van der Waals surface area contributed by atoms with Crippen LogP contribution in [-0.4, -0.2) is 4.98 Å². The predicted molar refractivity (Wildman–Crippen MR) is 75.4 cm³/mol. The molecule has 0 aliphatic rings. The smallest absolute Gasteiger partial charge is 0.131 e. The van der Waals surface area contributed by atoms with Gasteiger partial charge in [0.25, 0.3) is 0 Å². The van der Waals surface area contributed by atoms with E-state index in [1.165, 1.54) is 5.56 Å². The van der Waals surface area contributed by atoms with E-state index in [1.807, 2.05) is 36.4 Å². The Hall–Kier alpha value is -2.35. The quantitative estimate of drug-likeness (QED) is 0.738. The molecule has 88 valence electrons. The number of nitrogen functional groups attached to an aromatic ring is 1. The van der Waals surface area contributed by atoms with Crippen molar-refractivity contribution in [3.8, 4) is 0 Å². The lowest BCUT2D eigenvalue weighted by Gasteiger charge is -2.06. The Labute approximate surface area is 106 Å². The topological polar surface area (TPSA) is 38.9 Å². The number of hydrogen-bond acceptors (Lipinski definition) is 2. The van der Waals surface area contributed by atoms with E-state index < -0.39 is 0 Å². The number of nitrogens with zero attached hydrogens (tertiary/aromatic N) is 1. The van der Waals surface area contributed by atoms with E-state index in [1.54, 1.807) is 0 Å². The monoisotopic (exact) mass is 234 g/mol. The molecule has 0 aliphatic carbocycles. The van der Waals surface area contributed by atoms with Crippen LogP contribution in [0.2, 0.25) is 0 Å². The average molecular weight is 234 g/mol. The van der Waals surface area contributed by atoms with Crippen LogP contribution in [0.3, 0.4) is 0 Å². The number of anilines is 1. The van der Waals surface area contributed by atoms with Crippen molar-refractivity contribution in [3.05, 3.63) is 71.9 Å². The molecule has 18 heavy (non-hydrogen) atoms. The fraction of sp³-hybridized carbons (Fsp3) is 0.0625. The van der Waals surface area contributed by atoms with Gasteiger partial charge in [-0.1, -0.05) is 54.6 Å². The van der Waals surface area contributed by atoms with Crippen LogP contribution in [0.4, 0.5) is 5.82 Å². The first kappa shape index (κ1) is 10.8. The molecule has 0 saturated carbocycles. The van der Waals surface area contributed by atoms with Crippen LogP contribution in [0.15, 0.2) is 60.7 Å². The maximum absolute atomic E-state index is 6.00. The van der Waals surface area contributed by atoms with Crippen LogP contribution in [0.1, 0.15) is 11.3 Å². The van der Waals surface area contributed by atoms with Gasteiger partial charge in [0.2, 0.25) is 0 Å². The number of fused-ring (bicyclic) bond motifs is 1. The summed E-state index contributed by atoms with van der Waals surface area (Å²) in [4.78, 5) is 4.47. The average Bonchev–Trinajstić information content (AvgIpc) is 2.40. The number of benzene rings is 2. The van der Waals surface area contributed by atoms with Gasteiger partial charge in [0.15, 0.2) is 0 Å². The number of pyridine rings is 1. The van der Waals surface area contributed by atoms with Gasteiger partial charge in [0.1, 0.15) is 5.82 Å². The summed E-state index contributed by atoms with van der Waals surface area (Å²) >= 11 is 0. The molecule has 0 atom stereocenters. The Morgan fingerprint density at radius 1 is 0.889 bits per heavy atom. The lowest BCUT2D eigenvalue weighted by molar-refractivity contribution is 1.09. The van der Waals surface area contributed by atoms with Crippen molar-refractivity contribution in [2.24, 2.45) is 0 Å². The summed E-state index contributed by atoms with van der Waals surface area (Å²) in [5, 5.41) is 2.17. The van der Waals surface area contributed by atoms with E-state index in [-0.39, 0.29) is 0 Å². The summed E-state index contributed by atoms with van der Waals surface area (Å²) in [6.45, 7) is 0. The van der Waals surface area contributed by atoms with Gasteiger partial charge >= 0.3 is 0 Å². The first-order valence-electron chi connectivity index (χ1n) is 6.01. The summed E-state index contributed by atoms with van der Waals surface area (Å²) < 4.78 is 0. The summed E-state index contributed by atoms with van der Waals surface area (Å²) in [5.41, 5.74) is 8.26. The molecule has 0 unspecified atom stereocenters. The molecule has 0 spiro atoms. The van der Waals surface area contributed by atoms with Crippen molar-refractivity contribution in [2.45, 2.75) is 6.42 Å². The Balaban J connectivity index is 2.03. The maximum Gasteiger partial charge on any atom is 0.131 e. The van der Waals surface area contributed by atoms with Gasteiger partial charge in [-0.2, -0.15) is 0 Å². The molecule has 0 aliphatic heterocycles. The van der Waals surface area contributed by atoms with E-state index in [0.717, 1.165) is 22.9 Å². The van der Waals surface area contributed by atoms with Crippen LogP contribution < -0.4 is 5.73 Å². The zero-order chi connectivity index (χ0) is 12.4. The Kier molecular flexibility index (Phi) is 2.69. The van der Waals surface area contributed by atoms with Crippen LogP contribution in [0, 0.1) is 0 Å². The third-order valence-corrected chi connectivity index (χ3v) is 3.05. The molecule has 0 saturated heterocycles. The highest BCUT2D eigenvalue weighted by atomic mass is 14.8. The molecule has 2 aromatic carbocycles. The highest BCUT2D eigenvalue weighted by Gasteiger charge is 2.03. The zero-order valence-corrected chi connectivity index (χ0v) is 10.0. The van der Waals surface area contributed by atoms with Crippen LogP contribution in [-0.2, 0) is 6.42 Å². The number of rotatable bonds is 2. The Bertz CT molecular complexity index is 675. The van der Waals surface area contributed by atoms with E-state index in [9.17, 15) is 0 Å². The van der Waals surface area contributed by atoms with Gasteiger partial charge in [0, 0.05) is 17.5 Å². The van der Waals surface area contributed by atoms with Gasteiger partial charge < -0.3 is 5.73 Å². The summed E-state index contributed by atoms with van der Waals surface area (Å²) in [7, 11) is 0. The highest BCUT2D eigenvalue weighted by Crippen LogP contribution is 2.21. The van der Waals surface area contributed by atoms with Crippen molar-refractivity contribution in [3.63, 3.8) is 0 Å². The molecule has 2 nitrogen and oxygen atoms in total. The minimum atomic E-state index is 0.610. The fourth-order valence-electron chi connectivity index (χ4n) is 2.18. The lowest BCUT2D eigenvalue weighted by Crippen LogP contribution is -1.98. The standard InChI is InChI=1S/C16H14N2/c17-16-15-9-5-4-8-13(15)11-14(18-16)10-12-6-2-1-3-7-12/h1-9,11H,10H2,(H2,17,18). The number of aromatic nitrogens is 1. The lowest BCUT2D eigenvalue weighted by atomic mass is 10.1. The van der Waals surface area contributed by atoms with Crippen LogP contribution in [0.25, 0.3) is 10.8 Å². The largest absolute Gasteiger partial charge is 0.383 e. The first-order chi connectivity index (χ1) is 8.83. The third-order valence-electron chi connectivity index (χ3n) is 3.05. The maximum atomic E-state index is 6.00. The van der Waals surface area contributed by atoms with E-state index in [4.69, 9.17) is 5.73 Å². The molecule has 0 radical (unpaired) electrons. The van der Waals surface area contributed by atoms with Crippen molar-refractivity contribution in [2.75, 3.05) is 5.73 Å². The second-order valence-corrected chi connectivity index (χ2v) is 4.38. The van der Waals surface area contributed by atoms with Crippen molar-refractivity contribution >= 4 is 16.6 Å². The predicted octanol–water partition coefficient (Wildman–Crippen LogP) is 3.41. The number of nitrogens with two attached hydrogens (primary N) is 1. The summed E-state index contributed by atoms with van der Waals surface area (Å²) in [5.74, 6) is 0.610. The Morgan fingerprint density at radius 2 is 1.61 bits per heavy atom. The second kappa shape index (κ2) is 4.49. The molecular weight excluding hydrogens is 220 g/mol. The second-order valence-electron chi connectivity index (χ2n) is 4.38. The van der Waals surface area contributed by atoms with Crippen molar-refractivity contribution < 1.29 is 0 Å². The van der Waals surface area contributed by atoms with Crippen molar-refractivity contribution in [1.82, 2.24) is 4.98 Å². The molecular formula is C16H14N2. The summed E-state index contributed by atoms with van der Waals surface area (Å²) in [6, 6.07) is 20.5. The van der Waals surface area contributed by atoms with Gasteiger partial charge in [-0.15, -0.1) is 0 Å². The molecule has 1 heterocycles. The molecule has 0 bridgehead atoms. The fourth-order valence-corrected chi connectivity index (χ4v) is 2.18. The van der Waals surface area contributed by atoms with Gasteiger partial charge in [0.05, 0.1) is 0 Å². The zero-order valence-electron chi connectivity index (χ0n) is 10.0. The molecule has 3 aromatic rings. The van der Waals surface area contributed by atoms with Gasteiger partial charge in [-0.25, -0.2) is 4.98 Å². The molecule has 2 N–H and O–H groups in total. The summed E-state index contributed by atoms with van der Waals surface area (Å²) in [6.07, 6.45) is 0.815. The van der Waals surface area contributed by atoms with Crippen molar-refractivity contribution in [1.29, 1.82) is 0 Å². The third kappa shape index (κ3) is 2.05. The van der Waals surface area contributed by atoms with Gasteiger partial charge in [-0.05, 0) is 17.0 Å². The van der Waals surface area contributed by atoms with Crippen LogP contribution >= 0.6 is 0 Å². The SMILES string of the molecule is Nc1nc(Cc2ccccc2)cc2ccccc12. The normalized spacial score (nSPS) is 10.7. The Morgan fingerprint density at radius 3 is 2.44 bits per heavy atom.